The SMILES string of the molecule is CSc1ccc2c(c1-c1n[nH]c(C)c1C)N(CCC1CCCCN1C)c1ccccc1S2. The van der Waals surface area contributed by atoms with Crippen molar-refractivity contribution in [2.24, 2.45) is 0 Å². The first-order valence-electron chi connectivity index (χ1n) is 11.6. The fourth-order valence-electron chi connectivity index (χ4n) is 5.06. The Kier molecular flexibility index (Phi) is 6.28. The lowest BCUT2D eigenvalue weighted by Crippen LogP contribution is -2.38. The third-order valence-corrected chi connectivity index (χ3v) is 8.96. The molecule has 0 saturated carbocycles. The second kappa shape index (κ2) is 9.16. The summed E-state index contributed by atoms with van der Waals surface area (Å²) < 4.78 is 0. The number of hydrogen-bond acceptors (Lipinski definition) is 5. The summed E-state index contributed by atoms with van der Waals surface area (Å²) in [5, 5.41) is 8.00. The number of aromatic nitrogens is 2. The van der Waals surface area contributed by atoms with E-state index < -0.39 is 0 Å². The van der Waals surface area contributed by atoms with E-state index in [1.165, 1.54) is 69.4 Å². The van der Waals surface area contributed by atoms with E-state index >= 15 is 0 Å². The molecule has 0 aliphatic carbocycles. The highest BCUT2D eigenvalue weighted by Gasteiger charge is 2.30. The van der Waals surface area contributed by atoms with Gasteiger partial charge in [-0.3, -0.25) is 5.10 Å². The van der Waals surface area contributed by atoms with E-state index in [-0.39, 0.29) is 0 Å². The van der Waals surface area contributed by atoms with Crippen LogP contribution in [0.3, 0.4) is 0 Å². The zero-order chi connectivity index (χ0) is 22.2. The summed E-state index contributed by atoms with van der Waals surface area (Å²) in [4.78, 5) is 9.11. The summed E-state index contributed by atoms with van der Waals surface area (Å²) >= 11 is 3.70. The molecule has 168 valence electrons. The molecule has 2 aliphatic heterocycles. The van der Waals surface area contributed by atoms with Gasteiger partial charge in [-0.2, -0.15) is 5.10 Å². The second-order valence-electron chi connectivity index (χ2n) is 8.95. The Morgan fingerprint density at radius 3 is 2.72 bits per heavy atom. The quantitative estimate of drug-likeness (QED) is 0.416. The molecule has 1 N–H and O–H groups in total. The fourth-order valence-corrected chi connectivity index (χ4v) is 6.77. The molecule has 6 heteroatoms. The van der Waals surface area contributed by atoms with Crippen molar-refractivity contribution in [3.8, 4) is 11.3 Å². The number of hydrogen-bond donors (Lipinski definition) is 1. The molecule has 0 spiro atoms. The molecule has 5 rings (SSSR count). The molecule has 0 radical (unpaired) electrons. The van der Waals surface area contributed by atoms with Gasteiger partial charge >= 0.3 is 0 Å². The van der Waals surface area contributed by atoms with Crippen LogP contribution in [0, 0.1) is 13.8 Å². The average molecular weight is 465 g/mol. The molecule has 0 bridgehead atoms. The highest BCUT2D eigenvalue weighted by molar-refractivity contribution is 8.00. The lowest BCUT2D eigenvalue weighted by atomic mass is 9.98. The largest absolute Gasteiger partial charge is 0.339 e. The predicted octanol–water partition coefficient (Wildman–Crippen LogP) is 6.89. The van der Waals surface area contributed by atoms with Crippen LogP contribution in [0.5, 0.6) is 0 Å². The van der Waals surface area contributed by atoms with Gasteiger partial charge in [0, 0.05) is 38.5 Å². The van der Waals surface area contributed by atoms with Crippen molar-refractivity contribution >= 4 is 34.9 Å². The second-order valence-corrected chi connectivity index (χ2v) is 10.9. The van der Waals surface area contributed by atoms with Gasteiger partial charge in [-0.15, -0.1) is 11.8 Å². The van der Waals surface area contributed by atoms with E-state index in [2.05, 4.69) is 78.4 Å². The van der Waals surface area contributed by atoms with Gasteiger partial charge < -0.3 is 9.80 Å². The molecule has 1 unspecified atom stereocenters. The van der Waals surface area contributed by atoms with Gasteiger partial charge in [0.1, 0.15) is 0 Å². The number of nitrogens with zero attached hydrogens (tertiary/aromatic N) is 3. The van der Waals surface area contributed by atoms with Crippen LogP contribution in [0.15, 0.2) is 51.1 Å². The maximum atomic E-state index is 4.77. The van der Waals surface area contributed by atoms with E-state index in [4.69, 9.17) is 5.10 Å². The molecule has 1 atom stereocenters. The van der Waals surface area contributed by atoms with Crippen molar-refractivity contribution in [1.29, 1.82) is 0 Å². The normalized spacial score (nSPS) is 18.5. The molecule has 1 saturated heterocycles. The number of rotatable bonds is 5. The van der Waals surface area contributed by atoms with Gasteiger partial charge in [-0.25, -0.2) is 0 Å². The number of aryl methyl sites for hydroxylation is 1. The Hall–Kier alpha value is -1.89. The Morgan fingerprint density at radius 1 is 1.12 bits per heavy atom. The van der Waals surface area contributed by atoms with Crippen LogP contribution >= 0.6 is 23.5 Å². The van der Waals surface area contributed by atoms with Crippen LogP contribution in [0.1, 0.15) is 36.9 Å². The van der Waals surface area contributed by atoms with Crippen molar-refractivity contribution in [2.75, 3.05) is 31.3 Å². The van der Waals surface area contributed by atoms with Crippen LogP contribution in [-0.4, -0.2) is 47.5 Å². The van der Waals surface area contributed by atoms with Gasteiger partial charge in [0.2, 0.25) is 0 Å². The van der Waals surface area contributed by atoms with Crippen LogP contribution in [0.25, 0.3) is 11.3 Å². The van der Waals surface area contributed by atoms with Crippen LogP contribution in [0.2, 0.25) is 0 Å². The topological polar surface area (TPSA) is 35.2 Å². The number of anilines is 2. The monoisotopic (exact) mass is 464 g/mol. The van der Waals surface area contributed by atoms with Crippen molar-refractivity contribution in [3.05, 3.63) is 47.7 Å². The summed E-state index contributed by atoms with van der Waals surface area (Å²) in [5.74, 6) is 0. The average Bonchev–Trinajstić information content (AvgIpc) is 3.14. The number of nitrogens with one attached hydrogen (secondary N) is 1. The third-order valence-electron chi connectivity index (χ3n) is 7.07. The van der Waals surface area contributed by atoms with Crippen LogP contribution in [0.4, 0.5) is 11.4 Å². The van der Waals surface area contributed by atoms with Gasteiger partial charge in [0.15, 0.2) is 0 Å². The molecule has 32 heavy (non-hydrogen) atoms. The standard InChI is InChI=1S/C26H32N4S2/c1-17-18(2)27-28-25(17)24-22(31-4)12-13-23-26(24)30(20-10-5-6-11-21(20)32-23)16-14-19-9-7-8-15-29(19)3/h5-6,10-13,19H,7-9,14-16H2,1-4H3,(H,27,28). The molecule has 2 aromatic carbocycles. The highest BCUT2D eigenvalue weighted by atomic mass is 32.2. The lowest BCUT2D eigenvalue weighted by molar-refractivity contribution is 0.178. The molecular weight excluding hydrogens is 432 g/mol. The first kappa shape index (κ1) is 21.9. The molecule has 1 aromatic heterocycles. The highest BCUT2D eigenvalue weighted by Crippen LogP contribution is 2.54. The first-order valence-corrected chi connectivity index (χ1v) is 13.6. The minimum absolute atomic E-state index is 0.662. The molecule has 0 amide bonds. The van der Waals surface area contributed by atoms with Crippen LogP contribution < -0.4 is 4.90 Å². The van der Waals surface area contributed by atoms with Crippen molar-refractivity contribution in [3.63, 3.8) is 0 Å². The van der Waals surface area contributed by atoms with Gasteiger partial charge in [-0.05, 0) is 82.8 Å². The number of piperidine rings is 1. The number of likely N-dealkylation sites (tertiary alicyclic amines) is 1. The summed E-state index contributed by atoms with van der Waals surface area (Å²) in [7, 11) is 2.30. The van der Waals surface area contributed by atoms with E-state index in [0.717, 1.165) is 17.9 Å². The molecular formula is C26H32N4S2. The third kappa shape index (κ3) is 3.87. The summed E-state index contributed by atoms with van der Waals surface area (Å²) in [6.07, 6.45) is 7.34. The van der Waals surface area contributed by atoms with Crippen LogP contribution in [-0.2, 0) is 0 Å². The van der Waals surface area contributed by atoms with Gasteiger partial charge in [0.25, 0.3) is 0 Å². The molecule has 3 heterocycles. The summed E-state index contributed by atoms with van der Waals surface area (Å²) in [6, 6.07) is 14.1. The minimum atomic E-state index is 0.662. The Balaban J connectivity index is 1.63. The Labute approximate surface area is 200 Å². The van der Waals surface area contributed by atoms with Crippen molar-refractivity contribution in [2.45, 2.75) is 60.3 Å². The Morgan fingerprint density at radius 2 is 1.97 bits per heavy atom. The fraction of sp³-hybridized carbons (Fsp3) is 0.423. The molecule has 2 aliphatic rings. The summed E-state index contributed by atoms with van der Waals surface area (Å²) in [6.45, 7) is 6.54. The number of H-pyrrole nitrogens is 1. The zero-order valence-corrected chi connectivity index (χ0v) is 21.1. The summed E-state index contributed by atoms with van der Waals surface area (Å²) in [5.41, 5.74) is 7.40. The molecule has 1 fully saturated rings. The van der Waals surface area contributed by atoms with E-state index in [0.29, 0.717) is 6.04 Å². The lowest BCUT2D eigenvalue weighted by Gasteiger charge is -2.38. The van der Waals surface area contributed by atoms with Gasteiger partial charge in [0.05, 0.1) is 17.1 Å². The minimum Gasteiger partial charge on any atom is -0.339 e. The van der Waals surface area contributed by atoms with Gasteiger partial charge in [-0.1, -0.05) is 30.3 Å². The first-order chi connectivity index (χ1) is 15.6. The maximum Gasteiger partial charge on any atom is 0.0985 e. The predicted molar refractivity (Wildman–Crippen MR) is 138 cm³/mol. The number of para-hydroxylation sites is 1. The zero-order valence-electron chi connectivity index (χ0n) is 19.4. The van der Waals surface area contributed by atoms with Crippen molar-refractivity contribution < 1.29 is 0 Å². The number of benzene rings is 2. The maximum absolute atomic E-state index is 4.77. The van der Waals surface area contributed by atoms with E-state index in [1.807, 2.05) is 23.5 Å². The molecule has 3 aromatic rings. The smallest absolute Gasteiger partial charge is 0.0985 e. The number of fused-ring (bicyclic) bond motifs is 2. The number of thioether (sulfide) groups is 1. The van der Waals surface area contributed by atoms with Crippen molar-refractivity contribution in [1.82, 2.24) is 15.1 Å². The Bertz CT molecular complexity index is 1120. The van der Waals surface area contributed by atoms with E-state index in [9.17, 15) is 0 Å². The molecule has 4 nitrogen and oxygen atoms in total. The van der Waals surface area contributed by atoms with E-state index in [1.54, 1.807) is 0 Å². The number of aromatic amines is 1.